The van der Waals surface area contributed by atoms with Gasteiger partial charge in [-0.2, -0.15) is 0 Å². The van der Waals surface area contributed by atoms with Crippen molar-refractivity contribution in [3.05, 3.63) is 41.3 Å². The van der Waals surface area contributed by atoms with Gasteiger partial charge in [-0.25, -0.2) is 8.42 Å². The van der Waals surface area contributed by atoms with Crippen LogP contribution in [0.15, 0.2) is 33.7 Å². The van der Waals surface area contributed by atoms with Gasteiger partial charge in [0.1, 0.15) is 5.69 Å². The highest BCUT2D eigenvalue weighted by atomic mass is 79.9. The Morgan fingerprint density at radius 3 is 2.71 bits per heavy atom. The van der Waals surface area contributed by atoms with Gasteiger partial charge in [-0.1, -0.05) is 33.2 Å². The largest absolute Gasteiger partial charge is 0.360 e. The number of rotatable bonds is 6. The molecule has 1 heterocycles. The van der Waals surface area contributed by atoms with Crippen LogP contribution in [0.4, 0.5) is 5.69 Å². The van der Waals surface area contributed by atoms with Crippen molar-refractivity contribution in [2.45, 2.75) is 31.6 Å². The molecule has 1 N–H and O–H groups in total. The molecule has 7 heteroatoms. The van der Waals surface area contributed by atoms with Gasteiger partial charge in [-0.15, -0.1) is 0 Å². The van der Waals surface area contributed by atoms with Gasteiger partial charge < -0.3 is 4.52 Å². The number of anilines is 1. The third-order valence-electron chi connectivity index (χ3n) is 3.01. The fourth-order valence-corrected chi connectivity index (χ4v) is 3.79. The highest BCUT2D eigenvalue weighted by Gasteiger charge is 2.24. The van der Waals surface area contributed by atoms with Crippen molar-refractivity contribution in [3.8, 4) is 0 Å². The van der Waals surface area contributed by atoms with Crippen LogP contribution in [0, 0.1) is 13.8 Å². The number of alkyl halides is 1. The molecule has 0 bridgehead atoms. The van der Waals surface area contributed by atoms with Crippen molar-refractivity contribution < 1.29 is 12.9 Å². The Bertz CT molecular complexity index is 706. The smallest absolute Gasteiger partial charge is 0.267 e. The van der Waals surface area contributed by atoms with E-state index in [1.54, 1.807) is 19.9 Å². The molecule has 0 amide bonds. The normalized spacial score (nSPS) is 11.6. The third kappa shape index (κ3) is 3.85. The van der Waals surface area contributed by atoms with Crippen LogP contribution in [0.1, 0.15) is 23.4 Å². The lowest BCUT2D eigenvalue weighted by molar-refractivity contribution is 0.390. The first kappa shape index (κ1) is 16.0. The number of sulfonamides is 1. The summed E-state index contributed by atoms with van der Waals surface area (Å²) in [5.74, 6) is 0.287. The molecular formula is C14H17BrN2O3S. The summed E-state index contributed by atoms with van der Waals surface area (Å²) >= 11 is 3.39. The first-order chi connectivity index (χ1) is 9.94. The van der Waals surface area contributed by atoms with E-state index >= 15 is 0 Å². The van der Waals surface area contributed by atoms with E-state index < -0.39 is 10.0 Å². The SMILES string of the molecule is Cc1noc(C)c1S(=O)(=O)Nc1cccc(CCCBr)c1. The maximum Gasteiger partial charge on any atom is 0.267 e. The minimum Gasteiger partial charge on any atom is -0.360 e. The summed E-state index contributed by atoms with van der Waals surface area (Å²) in [5, 5.41) is 4.60. The molecule has 5 nitrogen and oxygen atoms in total. The maximum atomic E-state index is 12.4. The van der Waals surface area contributed by atoms with E-state index in [1.165, 1.54) is 0 Å². The highest BCUT2D eigenvalue weighted by molar-refractivity contribution is 9.09. The number of nitrogens with zero attached hydrogens (tertiary/aromatic N) is 1. The average Bonchev–Trinajstić information content (AvgIpc) is 2.76. The van der Waals surface area contributed by atoms with Crippen molar-refractivity contribution in [3.63, 3.8) is 0 Å². The standard InChI is InChI=1S/C14H17BrN2O3S/c1-10-14(11(2)20-16-10)21(18,19)17-13-7-3-5-12(9-13)6-4-8-15/h3,5,7,9,17H,4,6,8H2,1-2H3. The van der Waals surface area contributed by atoms with E-state index in [-0.39, 0.29) is 10.7 Å². The molecule has 0 aliphatic heterocycles. The van der Waals surface area contributed by atoms with E-state index in [4.69, 9.17) is 4.52 Å². The van der Waals surface area contributed by atoms with E-state index in [0.717, 1.165) is 23.7 Å². The fraction of sp³-hybridized carbons (Fsp3) is 0.357. The zero-order valence-electron chi connectivity index (χ0n) is 11.9. The van der Waals surface area contributed by atoms with Gasteiger partial charge >= 0.3 is 0 Å². The van der Waals surface area contributed by atoms with Crippen molar-refractivity contribution in [1.29, 1.82) is 0 Å². The summed E-state index contributed by atoms with van der Waals surface area (Å²) in [6.45, 7) is 3.19. The van der Waals surface area contributed by atoms with Crippen molar-refractivity contribution in [1.82, 2.24) is 5.16 Å². The number of hydrogen-bond donors (Lipinski definition) is 1. The number of benzene rings is 1. The van der Waals surface area contributed by atoms with Crippen LogP contribution in [0.25, 0.3) is 0 Å². The number of halogens is 1. The summed E-state index contributed by atoms with van der Waals surface area (Å²) in [4.78, 5) is 0.105. The van der Waals surface area contributed by atoms with Crippen LogP contribution >= 0.6 is 15.9 Å². The molecule has 2 aromatic rings. The summed E-state index contributed by atoms with van der Waals surface area (Å²) in [7, 11) is -3.68. The highest BCUT2D eigenvalue weighted by Crippen LogP contribution is 2.23. The van der Waals surface area contributed by atoms with Crippen LogP contribution in [0.2, 0.25) is 0 Å². The lowest BCUT2D eigenvalue weighted by atomic mass is 10.1. The summed E-state index contributed by atoms with van der Waals surface area (Å²) in [6.07, 6.45) is 1.90. The predicted octanol–water partition coefficient (Wildman–Crippen LogP) is 3.42. The second kappa shape index (κ2) is 6.62. The van der Waals surface area contributed by atoms with Gasteiger partial charge in [-0.3, -0.25) is 4.72 Å². The molecule has 0 saturated heterocycles. The number of aryl methyl sites for hydroxylation is 3. The summed E-state index contributed by atoms with van der Waals surface area (Å²) < 4.78 is 32.3. The first-order valence-corrected chi connectivity index (χ1v) is 9.15. The molecule has 0 saturated carbocycles. The van der Waals surface area contributed by atoms with E-state index in [9.17, 15) is 8.42 Å². The minimum absolute atomic E-state index is 0.105. The molecule has 1 aromatic carbocycles. The molecule has 0 atom stereocenters. The monoisotopic (exact) mass is 372 g/mol. The number of hydrogen-bond acceptors (Lipinski definition) is 4. The topological polar surface area (TPSA) is 72.2 Å². The third-order valence-corrected chi connectivity index (χ3v) is 5.20. The first-order valence-electron chi connectivity index (χ1n) is 6.54. The molecule has 0 spiro atoms. The molecule has 2 rings (SSSR count). The van der Waals surface area contributed by atoms with Crippen LogP contribution < -0.4 is 4.72 Å². The zero-order chi connectivity index (χ0) is 15.5. The number of aromatic nitrogens is 1. The van der Waals surface area contributed by atoms with E-state index in [2.05, 4.69) is 25.8 Å². The van der Waals surface area contributed by atoms with Gasteiger partial charge in [-0.05, 0) is 44.4 Å². The van der Waals surface area contributed by atoms with Gasteiger partial charge in [0, 0.05) is 11.0 Å². The Labute approximate surface area is 132 Å². The maximum absolute atomic E-state index is 12.4. The lowest BCUT2D eigenvalue weighted by Crippen LogP contribution is -2.14. The molecule has 21 heavy (non-hydrogen) atoms. The lowest BCUT2D eigenvalue weighted by Gasteiger charge is -2.09. The molecule has 114 valence electrons. The quantitative estimate of drug-likeness (QED) is 0.788. The van der Waals surface area contributed by atoms with Crippen LogP contribution in [-0.4, -0.2) is 18.9 Å². The summed E-state index contributed by atoms with van der Waals surface area (Å²) in [6, 6.07) is 7.40. The fourth-order valence-electron chi connectivity index (χ4n) is 2.13. The Balaban J connectivity index is 2.25. The van der Waals surface area contributed by atoms with Gasteiger partial charge in [0.15, 0.2) is 10.7 Å². The van der Waals surface area contributed by atoms with Crippen LogP contribution in [0.5, 0.6) is 0 Å². The second-order valence-corrected chi connectivity index (χ2v) is 7.16. The Morgan fingerprint density at radius 1 is 1.33 bits per heavy atom. The molecule has 0 unspecified atom stereocenters. The molecule has 0 aliphatic rings. The van der Waals surface area contributed by atoms with Gasteiger partial charge in [0.25, 0.3) is 10.0 Å². The van der Waals surface area contributed by atoms with Crippen molar-refractivity contribution in [2.75, 3.05) is 10.1 Å². The molecular weight excluding hydrogens is 356 g/mol. The molecule has 0 radical (unpaired) electrons. The Hall–Kier alpha value is -1.34. The van der Waals surface area contributed by atoms with Gasteiger partial charge in [0.2, 0.25) is 0 Å². The molecule has 1 aromatic heterocycles. The average molecular weight is 373 g/mol. The summed E-state index contributed by atoms with van der Waals surface area (Å²) in [5.41, 5.74) is 1.99. The second-order valence-electron chi connectivity index (χ2n) is 4.75. The Kier molecular flexibility index (Phi) is 5.05. The number of nitrogens with one attached hydrogen (secondary N) is 1. The van der Waals surface area contributed by atoms with Gasteiger partial charge in [0.05, 0.1) is 0 Å². The molecule has 0 aliphatic carbocycles. The molecule has 0 fully saturated rings. The predicted molar refractivity (Wildman–Crippen MR) is 85.3 cm³/mol. The van der Waals surface area contributed by atoms with E-state index in [1.807, 2.05) is 18.2 Å². The van der Waals surface area contributed by atoms with E-state index in [0.29, 0.717) is 11.4 Å². The van der Waals surface area contributed by atoms with Crippen LogP contribution in [0.3, 0.4) is 0 Å². The van der Waals surface area contributed by atoms with Crippen molar-refractivity contribution >= 4 is 31.6 Å². The minimum atomic E-state index is -3.68. The van der Waals surface area contributed by atoms with Crippen LogP contribution in [-0.2, 0) is 16.4 Å². The van der Waals surface area contributed by atoms with Crippen molar-refractivity contribution in [2.24, 2.45) is 0 Å². The zero-order valence-corrected chi connectivity index (χ0v) is 14.3. The Morgan fingerprint density at radius 2 is 2.10 bits per heavy atom.